The monoisotopic (exact) mass is 282 g/mol. The topological polar surface area (TPSA) is 112 Å². The third-order valence-electron chi connectivity index (χ3n) is 2.81. The number of nitrogens with zero attached hydrogens (tertiary/aromatic N) is 4. The predicted octanol–water partition coefficient (Wildman–Crippen LogP) is -0.940. The summed E-state index contributed by atoms with van der Waals surface area (Å²) in [4.78, 5) is 27.9. The van der Waals surface area contributed by atoms with Crippen LogP contribution in [0.1, 0.15) is 0 Å². The minimum Gasteiger partial charge on any atom is -0.379 e. The first-order valence-corrected chi connectivity index (χ1v) is 6.49. The minimum atomic E-state index is -0.402. The van der Waals surface area contributed by atoms with Gasteiger partial charge in [-0.25, -0.2) is 9.78 Å². The average molecular weight is 282 g/mol. The number of hydrogen-bond acceptors (Lipinski definition) is 5. The summed E-state index contributed by atoms with van der Waals surface area (Å²) in [5.41, 5.74) is 5.22. The van der Waals surface area contributed by atoms with Gasteiger partial charge in [-0.15, -0.1) is 0 Å². The largest absolute Gasteiger partial charge is 0.379 e. The highest BCUT2D eigenvalue weighted by Crippen LogP contribution is 2.07. The molecule has 2 aromatic rings. The molecule has 0 saturated carbocycles. The standard InChI is InChI=1S/C10H14N6O2S/c1-14-7-6(8(17)15(2)10(14)18)16(5-13-7)3-4-19-9(11)12/h5H,3-4H2,1-2H3,(H3,11,12). The number of imidazole rings is 1. The quantitative estimate of drug-likeness (QED) is 0.557. The molecule has 0 spiro atoms. The van der Waals surface area contributed by atoms with Gasteiger partial charge in [0.05, 0.1) is 6.33 Å². The fourth-order valence-corrected chi connectivity index (χ4v) is 2.33. The number of thioether (sulfide) groups is 1. The Morgan fingerprint density at radius 2 is 2.11 bits per heavy atom. The van der Waals surface area contributed by atoms with Crippen molar-refractivity contribution in [2.24, 2.45) is 19.8 Å². The van der Waals surface area contributed by atoms with E-state index >= 15 is 0 Å². The van der Waals surface area contributed by atoms with E-state index in [1.807, 2.05) is 0 Å². The van der Waals surface area contributed by atoms with E-state index in [1.165, 1.54) is 29.7 Å². The average Bonchev–Trinajstić information content (AvgIpc) is 2.77. The highest BCUT2D eigenvalue weighted by Gasteiger charge is 2.13. The summed E-state index contributed by atoms with van der Waals surface area (Å²) in [5, 5.41) is 7.16. The molecule has 0 aliphatic heterocycles. The second kappa shape index (κ2) is 4.92. The van der Waals surface area contributed by atoms with Gasteiger partial charge >= 0.3 is 5.69 Å². The van der Waals surface area contributed by atoms with Crippen LogP contribution in [-0.2, 0) is 20.6 Å². The number of fused-ring (bicyclic) bond motifs is 1. The molecule has 0 saturated heterocycles. The Kier molecular flexibility index (Phi) is 3.47. The first-order valence-electron chi connectivity index (χ1n) is 5.51. The maximum atomic E-state index is 12.1. The molecule has 102 valence electrons. The number of aromatic nitrogens is 4. The van der Waals surface area contributed by atoms with Crippen LogP contribution < -0.4 is 17.0 Å². The van der Waals surface area contributed by atoms with Crippen molar-refractivity contribution in [1.29, 1.82) is 5.41 Å². The molecule has 0 amide bonds. The Morgan fingerprint density at radius 3 is 2.74 bits per heavy atom. The van der Waals surface area contributed by atoms with Crippen LogP contribution in [0.2, 0.25) is 0 Å². The molecule has 0 aliphatic carbocycles. The zero-order valence-corrected chi connectivity index (χ0v) is 11.4. The van der Waals surface area contributed by atoms with Crippen LogP contribution in [0, 0.1) is 5.41 Å². The lowest BCUT2D eigenvalue weighted by Crippen LogP contribution is -2.37. The fourth-order valence-electron chi connectivity index (χ4n) is 1.82. The molecule has 0 aliphatic rings. The molecule has 19 heavy (non-hydrogen) atoms. The highest BCUT2D eigenvalue weighted by atomic mass is 32.2. The fraction of sp³-hybridized carbons (Fsp3) is 0.400. The number of rotatable bonds is 3. The van der Waals surface area contributed by atoms with Crippen molar-refractivity contribution in [1.82, 2.24) is 18.7 Å². The van der Waals surface area contributed by atoms with Crippen molar-refractivity contribution in [2.75, 3.05) is 5.75 Å². The van der Waals surface area contributed by atoms with Crippen LogP contribution >= 0.6 is 11.8 Å². The first-order chi connectivity index (χ1) is 8.93. The molecule has 0 aromatic carbocycles. The Hall–Kier alpha value is -2.03. The van der Waals surface area contributed by atoms with Gasteiger partial charge in [-0.2, -0.15) is 0 Å². The second-order valence-corrected chi connectivity index (χ2v) is 5.17. The van der Waals surface area contributed by atoms with E-state index in [1.54, 1.807) is 11.6 Å². The Balaban J connectivity index is 2.51. The van der Waals surface area contributed by atoms with Gasteiger partial charge in [-0.3, -0.25) is 19.3 Å². The van der Waals surface area contributed by atoms with Gasteiger partial charge in [0, 0.05) is 26.4 Å². The van der Waals surface area contributed by atoms with E-state index in [9.17, 15) is 9.59 Å². The number of hydrogen-bond donors (Lipinski definition) is 2. The summed E-state index contributed by atoms with van der Waals surface area (Å²) < 4.78 is 4.07. The van der Waals surface area contributed by atoms with Crippen molar-refractivity contribution in [3.05, 3.63) is 27.2 Å². The van der Waals surface area contributed by atoms with Crippen LogP contribution in [0.3, 0.4) is 0 Å². The second-order valence-electron chi connectivity index (χ2n) is 4.03. The van der Waals surface area contributed by atoms with Crippen molar-refractivity contribution in [3.8, 4) is 0 Å². The Labute approximate surface area is 112 Å². The van der Waals surface area contributed by atoms with Gasteiger partial charge in [0.1, 0.15) is 0 Å². The van der Waals surface area contributed by atoms with E-state index in [-0.39, 0.29) is 10.7 Å². The van der Waals surface area contributed by atoms with Crippen LogP contribution in [-0.4, -0.2) is 29.6 Å². The van der Waals surface area contributed by atoms with Crippen LogP contribution in [0.25, 0.3) is 11.2 Å². The first kappa shape index (κ1) is 13.4. The normalized spacial score (nSPS) is 11.1. The van der Waals surface area contributed by atoms with Gasteiger partial charge in [0.15, 0.2) is 16.3 Å². The van der Waals surface area contributed by atoms with Gasteiger partial charge in [0.25, 0.3) is 5.56 Å². The third-order valence-corrected chi connectivity index (χ3v) is 3.50. The van der Waals surface area contributed by atoms with E-state index in [2.05, 4.69) is 4.98 Å². The summed E-state index contributed by atoms with van der Waals surface area (Å²) in [6.07, 6.45) is 1.52. The van der Waals surface area contributed by atoms with E-state index in [4.69, 9.17) is 11.1 Å². The van der Waals surface area contributed by atoms with Gasteiger partial charge < -0.3 is 10.3 Å². The van der Waals surface area contributed by atoms with E-state index in [0.717, 1.165) is 4.57 Å². The van der Waals surface area contributed by atoms with E-state index in [0.29, 0.717) is 23.5 Å². The summed E-state index contributed by atoms with van der Waals surface area (Å²) in [5.74, 6) is 0.562. The summed E-state index contributed by atoms with van der Waals surface area (Å²) in [6.45, 7) is 0.494. The lowest BCUT2D eigenvalue weighted by molar-refractivity contribution is 0.700. The predicted molar refractivity (Wildman–Crippen MR) is 74.6 cm³/mol. The smallest absolute Gasteiger partial charge is 0.332 e. The third kappa shape index (κ3) is 2.28. The molecular formula is C10H14N6O2S. The van der Waals surface area contributed by atoms with Crippen LogP contribution in [0.5, 0.6) is 0 Å². The molecule has 0 radical (unpaired) electrons. The highest BCUT2D eigenvalue weighted by molar-refractivity contribution is 8.13. The maximum Gasteiger partial charge on any atom is 0.332 e. The molecule has 0 fully saturated rings. The van der Waals surface area contributed by atoms with Crippen LogP contribution in [0.4, 0.5) is 0 Å². The molecule has 3 N–H and O–H groups in total. The molecule has 2 aromatic heterocycles. The van der Waals surface area contributed by atoms with Crippen molar-refractivity contribution >= 4 is 28.1 Å². The minimum absolute atomic E-state index is 0.0322. The summed E-state index contributed by atoms with van der Waals surface area (Å²) >= 11 is 1.19. The lowest BCUT2D eigenvalue weighted by Gasteiger charge is -2.06. The number of aryl methyl sites for hydroxylation is 2. The molecule has 9 heteroatoms. The molecular weight excluding hydrogens is 268 g/mol. The van der Waals surface area contributed by atoms with Crippen molar-refractivity contribution < 1.29 is 0 Å². The molecule has 2 heterocycles. The van der Waals surface area contributed by atoms with Crippen molar-refractivity contribution in [2.45, 2.75) is 6.54 Å². The molecule has 0 atom stereocenters. The van der Waals surface area contributed by atoms with Gasteiger partial charge in [0.2, 0.25) is 0 Å². The summed E-state index contributed by atoms with van der Waals surface area (Å²) in [7, 11) is 3.01. The Morgan fingerprint density at radius 1 is 1.42 bits per heavy atom. The maximum absolute atomic E-state index is 12.1. The Bertz CT molecular complexity index is 756. The number of nitrogens with one attached hydrogen (secondary N) is 1. The molecule has 0 unspecified atom stereocenters. The van der Waals surface area contributed by atoms with Gasteiger partial charge in [-0.1, -0.05) is 11.8 Å². The van der Waals surface area contributed by atoms with Crippen LogP contribution in [0.15, 0.2) is 15.9 Å². The zero-order chi connectivity index (χ0) is 14.2. The molecule has 0 bridgehead atoms. The number of amidine groups is 1. The lowest BCUT2D eigenvalue weighted by atomic mass is 10.5. The number of nitrogens with two attached hydrogens (primary N) is 1. The summed E-state index contributed by atoms with van der Waals surface area (Å²) in [6, 6.07) is 0. The zero-order valence-electron chi connectivity index (χ0n) is 10.6. The van der Waals surface area contributed by atoms with Crippen molar-refractivity contribution in [3.63, 3.8) is 0 Å². The van der Waals surface area contributed by atoms with Gasteiger partial charge in [-0.05, 0) is 0 Å². The molecule has 2 rings (SSSR count). The van der Waals surface area contributed by atoms with E-state index < -0.39 is 5.69 Å². The SMILES string of the molecule is Cn1c(=O)c2c(ncn2CCSC(=N)N)n(C)c1=O. The molecule has 8 nitrogen and oxygen atoms in total.